The van der Waals surface area contributed by atoms with Crippen LogP contribution in [-0.2, 0) is 10.5 Å². The number of carbonyl (C=O) groups excluding carboxylic acids is 1. The van der Waals surface area contributed by atoms with Crippen LogP contribution in [0.25, 0.3) is 0 Å². The van der Waals surface area contributed by atoms with Crippen LogP contribution in [0.15, 0.2) is 57.6 Å². The molecule has 0 radical (unpaired) electrons. The number of ketones is 1. The molecule has 2 heterocycles. The lowest BCUT2D eigenvalue weighted by Crippen LogP contribution is -2.37. The van der Waals surface area contributed by atoms with Gasteiger partial charge in [-0.3, -0.25) is 9.59 Å². The molecular weight excluding hydrogens is 526 g/mol. The average Bonchev–Trinajstić information content (AvgIpc) is 2.86. The Labute approximate surface area is 229 Å². The standard InChI is InChI=1S/C28H28ClN3O5S/c1-28(2)11-17-22(18(33)12-28)21(15-9-19(36-3)24(34)20(10-15)37-4)23-25(30-17)31-27(32-26(23)35)38-13-14-7-5-6-8-16(14)29/h5-10,21,34H,11-13H2,1-4H3,(H2,30,31,32,35). The lowest BCUT2D eigenvalue weighted by Gasteiger charge is -2.38. The first kappa shape index (κ1) is 26.2. The van der Waals surface area contributed by atoms with Crippen molar-refractivity contribution in [1.82, 2.24) is 9.97 Å². The number of nitrogens with one attached hydrogen (secondary N) is 2. The SMILES string of the molecule is COc1cc(C2C3=C(CC(C)(C)CC3=O)Nc3nc(SCc4ccccc4Cl)[nH]c(=O)c32)cc(OC)c1O. The van der Waals surface area contributed by atoms with Crippen LogP contribution in [0.4, 0.5) is 5.82 Å². The van der Waals surface area contributed by atoms with Crippen LogP contribution >= 0.6 is 23.4 Å². The number of hydrogen-bond donors (Lipinski definition) is 3. The number of hydrogen-bond acceptors (Lipinski definition) is 8. The molecule has 0 spiro atoms. The maximum Gasteiger partial charge on any atom is 0.257 e. The van der Waals surface area contributed by atoms with E-state index in [-0.39, 0.29) is 34.0 Å². The van der Waals surface area contributed by atoms with E-state index in [9.17, 15) is 14.7 Å². The van der Waals surface area contributed by atoms with Gasteiger partial charge in [-0.1, -0.05) is 55.4 Å². The summed E-state index contributed by atoms with van der Waals surface area (Å²) in [5, 5.41) is 14.9. The Balaban J connectivity index is 1.65. The molecular formula is C28H28ClN3O5S. The number of fused-ring (bicyclic) bond motifs is 1. The number of benzene rings is 2. The lowest BCUT2D eigenvalue weighted by atomic mass is 9.69. The third-order valence-corrected chi connectivity index (χ3v) is 8.15. The molecule has 38 heavy (non-hydrogen) atoms. The van der Waals surface area contributed by atoms with Gasteiger partial charge in [-0.25, -0.2) is 4.98 Å². The number of Topliss-reactive ketones (excluding diaryl/α,β-unsaturated/α-hetero) is 1. The number of aromatic amines is 1. The van der Waals surface area contributed by atoms with Gasteiger partial charge in [0.25, 0.3) is 5.56 Å². The van der Waals surface area contributed by atoms with Gasteiger partial charge in [0.1, 0.15) is 5.82 Å². The van der Waals surface area contributed by atoms with Crippen LogP contribution in [-0.4, -0.2) is 35.1 Å². The van der Waals surface area contributed by atoms with Crippen molar-refractivity contribution in [2.75, 3.05) is 19.5 Å². The van der Waals surface area contributed by atoms with Gasteiger partial charge in [0, 0.05) is 34.4 Å². The highest BCUT2D eigenvalue weighted by molar-refractivity contribution is 7.98. The Bertz CT molecular complexity index is 1510. The first-order chi connectivity index (χ1) is 18.1. The van der Waals surface area contributed by atoms with E-state index in [4.69, 9.17) is 26.1 Å². The van der Waals surface area contributed by atoms with Gasteiger partial charge in [0.2, 0.25) is 5.75 Å². The summed E-state index contributed by atoms with van der Waals surface area (Å²) in [7, 11) is 2.87. The van der Waals surface area contributed by atoms with E-state index in [1.807, 2.05) is 38.1 Å². The second kappa shape index (κ2) is 10.0. The fourth-order valence-electron chi connectivity index (χ4n) is 5.14. The molecule has 0 fully saturated rings. The first-order valence-electron chi connectivity index (χ1n) is 12.1. The number of rotatable bonds is 6. The van der Waals surface area contributed by atoms with Crippen molar-refractivity contribution >= 4 is 35.0 Å². The van der Waals surface area contributed by atoms with Crippen molar-refractivity contribution in [3.63, 3.8) is 0 Å². The highest BCUT2D eigenvalue weighted by Gasteiger charge is 2.43. The number of ether oxygens (including phenoxy) is 2. The van der Waals surface area contributed by atoms with E-state index in [0.717, 1.165) is 11.3 Å². The van der Waals surface area contributed by atoms with Gasteiger partial charge >= 0.3 is 0 Å². The molecule has 1 unspecified atom stereocenters. The molecule has 0 saturated carbocycles. The summed E-state index contributed by atoms with van der Waals surface area (Å²) in [4.78, 5) is 34.8. The molecule has 2 aliphatic rings. The lowest BCUT2D eigenvalue weighted by molar-refractivity contribution is -0.118. The van der Waals surface area contributed by atoms with Crippen molar-refractivity contribution in [2.24, 2.45) is 5.41 Å². The van der Waals surface area contributed by atoms with Crippen LogP contribution in [0, 0.1) is 5.41 Å². The third-order valence-electron chi connectivity index (χ3n) is 6.86. The van der Waals surface area contributed by atoms with E-state index >= 15 is 0 Å². The molecule has 3 aromatic rings. The maximum atomic E-state index is 13.6. The van der Waals surface area contributed by atoms with Gasteiger partial charge < -0.3 is 24.9 Å². The van der Waals surface area contributed by atoms with Crippen LogP contribution in [0.3, 0.4) is 0 Å². The zero-order chi connectivity index (χ0) is 27.2. The molecule has 1 aliphatic carbocycles. The van der Waals surface area contributed by atoms with E-state index in [1.165, 1.54) is 26.0 Å². The molecule has 1 atom stereocenters. The van der Waals surface area contributed by atoms with E-state index in [1.54, 1.807) is 12.1 Å². The molecule has 10 heteroatoms. The van der Waals surface area contributed by atoms with Crippen molar-refractivity contribution in [3.05, 3.63) is 79.7 Å². The monoisotopic (exact) mass is 553 g/mol. The number of nitrogens with zero attached hydrogens (tertiary/aromatic N) is 1. The number of phenolic OH excluding ortho intramolecular Hbond substituents is 1. The fraction of sp³-hybridized carbons (Fsp3) is 0.321. The molecule has 2 aromatic carbocycles. The highest BCUT2D eigenvalue weighted by Crippen LogP contribution is 2.50. The number of allylic oxidation sites excluding steroid dienone is 2. The number of anilines is 1. The number of thioether (sulfide) groups is 1. The minimum Gasteiger partial charge on any atom is -0.502 e. The first-order valence-corrected chi connectivity index (χ1v) is 13.5. The second-order valence-corrected chi connectivity index (χ2v) is 11.5. The van der Waals surface area contributed by atoms with E-state index < -0.39 is 5.92 Å². The summed E-state index contributed by atoms with van der Waals surface area (Å²) >= 11 is 7.68. The largest absolute Gasteiger partial charge is 0.502 e. The molecule has 8 nitrogen and oxygen atoms in total. The molecule has 0 saturated heterocycles. The summed E-state index contributed by atoms with van der Waals surface area (Å²) in [6, 6.07) is 10.8. The van der Waals surface area contributed by atoms with Crippen molar-refractivity contribution in [2.45, 2.75) is 43.5 Å². The van der Waals surface area contributed by atoms with Crippen LogP contribution in [0.5, 0.6) is 17.2 Å². The summed E-state index contributed by atoms with van der Waals surface area (Å²) in [6.07, 6.45) is 0.968. The number of aromatic hydroxyl groups is 1. The molecule has 1 aliphatic heterocycles. The summed E-state index contributed by atoms with van der Waals surface area (Å²) in [5.41, 5.74) is 2.50. The predicted molar refractivity (Wildman–Crippen MR) is 148 cm³/mol. The Morgan fingerprint density at radius 3 is 2.47 bits per heavy atom. The average molecular weight is 554 g/mol. The number of phenols is 1. The van der Waals surface area contributed by atoms with Crippen molar-refractivity contribution < 1.29 is 19.4 Å². The number of H-pyrrole nitrogens is 1. The van der Waals surface area contributed by atoms with Gasteiger partial charge in [-0.2, -0.15) is 0 Å². The summed E-state index contributed by atoms with van der Waals surface area (Å²) < 4.78 is 10.7. The maximum absolute atomic E-state index is 13.6. The Kier molecular flexibility index (Phi) is 6.92. The van der Waals surface area contributed by atoms with Crippen LogP contribution in [0.2, 0.25) is 5.02 Å². The Morgan fingerprint density at radius 2 is 1.82 bits per heavy atom. The third kappa shape index (κ3) is 4.76. The minimum absolute atomic E-state index is 0.0398. The van der Waals surface area contributed by atoms with Gasteiger partial charge in [0.05, 0.1) is 19.8 Å². The van der Waals surface area contributed by atoms with E-state index in [2.05, 4.69) is 10.3 Å². The van der Waals surface area contributed by atoms with Crippen LogP contribution in [0.1, 0.15) is 49.3 Å². The molecule has 1 aromatic heterocycles. The number of carbonyl (C=O) groups is 1. The van der Waals surface area contributed by atoms with E-state index in [0.29, 0.717) is 51.3 Å². The number of methoxy groups -OCH3 is 2. The molecule has 198 valence electrons. The zero-order valence-corrected chi connectivity index (χ0v) is 23.0. The van der Waals surface area contributed by atoms with Crippen molar-refractivity contribution in [1.29, 1.82) is 0 Å². The normalized spacial score (nSPS) is 17.9. The van der Waals surface area contributed by atoms with Gasteiger partial charge in [0.15, 0.2) is 22.4 Å². The topological polar surface area (TPSA) is 114 Å². The molecule has 0 bridgehead atoms. The Hall–Kier alpha value is -3.43. The smallest absolute Gasteiger partial charge is 0.257 e. The van der Waals surface area contributed by atoms with Gasteiger partial charge in [-0.05, 0) is 41.2 Å². The number of halogens is 1. The molecule has 3 N–H and O–H groups in total. The quantitative estimate of drug-likeness (QED) is 0.265. The van der Waals surface area contributed by atoms with Crippen molar-refractivity contribution in [3.8, 4) is 17.2 Å². The zero-order valence-electron chi connectivity index (χ0n) is 21.5. The minimum atomic E-state index is -0.716. The fourth-order valence-corrected chi connectivity index (χ4v) is 6.28. The second-order valence-electron chi connectivity index (χ2n) is 10.2. The highest BCUT2D eigenvalue weighted by atomic mass is 35.5. The molecule has 5 rings (SSSR count). The Morgan fingerprint density at radius 1 is 1.13 bits per heavy atom. The molecule has 0 amide bonds. The van der Waals surface area contributed by atoms with Crippen LogP contribution < -0.4 is 20.3 Å². The van der Waals surface area contributed by atoms with Gasteiger partial charge in [-0.15, -0.1) is 0 Å². The summed E-state index contributed by atoms with van der Waals surface area (Å²) in [6.45, 7) is 4.09. The predicted octanol–water partition coefficient (Wildman–Crippen LogP) is 5.64. The number of aromatic nitrogens is 2. The summed E-state index contributed by atoms with van der Waals surface area (Å²) in [5.74, 6) is 0.376.